The summed E-state index contributed by atoms with van der Waals surface area (Å²) < 4.78 is 5.32. The molecule has 0 aliphatic carbocycles. The summed E-state index contributed by atoms with van der Waals surface area (Å²) in [7, 11) is 1.61. The van der Waals surface area contributed by atoms with Gasteiger partial charge in [0, 0.05) is 41.8 Å². The molecular formula is C24H27N5O2. The molecule has 1 saturated heterocycles. The average Bonchev–Trinajstić information content (AvgIpc) is 3.30. The lowest BCUT2D eigenvalue weighted by Crippen LogP contribution is -2.21. The number of hydrogen-bond donors (Lipinski definition) is 2. The first-order valence-electron chi connectivity index (χ1n) is 10.5. The van der Waals surface area contributed by atoms with Gasteiger partial charge in [-0.1, -0.05) is 18.2 Å². The standard InChI is InChI=1S/C24H27N5O2/c1-17-15-22(28-24(25-17)29-13-5-6-14-29)26-19-9-11-20(12-10-19)27-23(30)16-18-7-3-4-8-21(18)31-2/h3-4,7-12,15H,5-6,13-14,16H2,1-2H3,(H,27,30)(H,25,26,28). The molecule has 1 amide bonds. The van der Waals surface area contributed by atoms with Gasteiger partial charge in [-0.25, -0.2) is 4.98 Å². The molecule has 7 nitrogen and oxygen atoms in total. The van der Waals surface area contributed by atoms with Crippen LogP contribution in [0.4, 0.5) is 23.1 Å². The molecule has 4 rings (SSSR count). The number of aryl methyl sites for hydroxylation is 1. The summed E-state index contributed by atoms with van der Waals surface area (Å²) in [4.78, 5) is 23.9. The Kier molecular flexibility index (Phi) is 6.31. The van der Waals surface area contributed by atoms with E-state index in [9.17, 15) is 4.79 Å². The number of nitrogens with one attached hydrogen (secondary N) is 2. The van der Waals surface area contributed by atoms with E-state index in [0.29, 0.717) is 5.75 Å². The van der Waals surface area contributed by atoms with Crippen LogP contribution in [-0.2, 0) is 11.2 Å². The number of aromatic nitrogens is 2. The Hall–Kier alpha value is -3.61. The number of ether oxygens (including phenoxy) is 1. The van der Waals surface area contributed by atoms with Gasteiger partial charge in [-0.3, -0.25) is 4.79 Å². The molecule has 0 bridgehead atoms. The lowest BCUT2D eigenvalue weighted by molar-refractivity contribution is -0.115. The second kappa shape index (κ2) is 9.47. The van der Waals surface area contributed by atoms with Gasteiger partial charge < -0.3 is 20.3 Å². The molecule has 0 unspecified atom stereocenters. The van der Waals surface area contributed by atoms with Gasteiger partial charge in [-0.15, -0.1) is 0 Å². The van der Waals surface area contributed by atoms with Gasteiger partial charge in [0.15, 0.2) is 0 Å². The van der Waals surface area contributed by atoms with E-state index in [0.717, 1.165) is 47.5 Å². The molecule has 1 aliphatic rings. The molecule has 0 spiro atoms. The van der Waals surface area contributed by atoms with Gasteiger partial charge in [0.1, 0.15) is 11.6 Å². The molecule has 0 atom stereocenters. The summed E-state index contributed by atoms with van der Waals surface area (Å²) in [5.41, 5.74) is 3.42. The van der Waals surface area contributed by atoms with Crippen LogP contribution in [0.25, 0.3) is 0 Å². The molecule has 1 fully saturated rings. The van der Waals surface area contributed by atoms with Crippen molar-refractivity contribution in [1.29, 1.82) is 0 Å². The number of benzene rings is 2. The first-order chi connectivity index (χ1) is 15.1. The number of carbonyl (C=O) groups excluding carboxylic acids is 1. The van der Waals surface area contributed by atoms with E-state index in [4.69, 9.17) is 4.74 Å². The summed E-state index contributed by atoms with van der Waals surface area (Å²) in [5.74, 6) is 2.17. The summed E-state index contributed by atoms with van der Waals surface area (Å²) in [6.45, 7) is 3.99. The quantitative estimate of drug-likeness (QED) is 0.596. The third-order valence-electron chi connectivity index (χ3n) is 5.22. The minimum absolute atomic E-state index is 0.0908. The van der Waals surface area contributed by atoms with Gasteiger partial charge in [0.25, 0.3) is 0 Å². The summed E-state index contributed by atoms with van der Waals surface area (Å²) >= 11 is 0. The number of para-hydroxylation sites is 1. The fourth-order valence-corrected chi connectivity index (χ4v) is 3.69. The van der Waals surface area contributed by atoms with Crippen molar-refractivity contribution in [3.05, 3.63) is 65.9 Å². The maximum absolute atomic E-state index is 12.4. The number of carbonyl (C=O) groups is 1. The molecule has 31 heavy (non-hydrogen) atoms. The SMILES string of the molecule is COc1ccccc1CC(=O)Nc1ccc(Nc2cc(C)nc(N3CCCC3)n2)cc1. The first-order valence-corrected chi connectivity index (χ1v) is 10.5. The zero-order valence-electron chi connectivity index (χ0n) is 17.9. The monoisotopic (exact) mass is 417 g/mol. The van der Waals surface area contributed by atoms with Crippen LogP contribution in [0, 0.1) is 6.92 Å². The van der Waals surface area contributed by atoms with Crippen molar-refractivity contribution in [2.45, 2.75) is 26.2 Å². The van der Waals surface area contributed by atoms with Crippen molar-refractivity contribution in [1.82, 2.24) is 9.97 Å². The van der Waals surface area contributed by atoms with Crippen LogP contribution in [0.1, 0.15) is 24.1 Å². The lowest BCUT2D eigenvalue weighted by Gasteiger charge is -2.17. The largest absolute Gasteiger partial charge is 0.496 e. The molecule has 0 radical (unpaired) electrons. The van der Waals surface area contributed by atoms with Crippen molar-refractivity contribution in [2.75, 3.05) is 35.7 Å². The van der Waals surface area contributed by atoms with E-state index in [2.05, 4.69) is 25.5 Å². The van der Waals surface area contributed by atoms with Gasteiger partial charge in [-0.05, 0) is 50.1 Å². The molecule has 7 heteroatoms. The highest BCUT2D eigenvalue weighted by atomic mass is 16.5. The third-order valence-corrected chi connectivity index (χ3v) is 5.22. The van der Waals surface area contributed by atoms with Crippen LogP contribution in [-0.4, -0.2) is 36.1 Å². The number of rotatable bonds is 7. The third kappa shape index (κ3) is 5.31. The Morgan fingerprint density at radius 3 is 2.48 bits per heavy atom. The fourth-order valence-electron chi connectivity index (χ4n) is 3.69. The molecule has 1 aromatic heterocycles. The zero-order chi connectivity index (χ0) is 21.6. The Morgan fingerprint density at radius 1 is 1.03 bits per heavy atom. The van der Waals surface area contributed by atoms with Crippen LogP contribution >= 0.6 is 0 Å². The van der Waals surface area contributed by atoms with Crippen LogP contribution in [0.15, 0.2) is 54.6 Å². The van der Waals surface area contributed by atoms with Crippen LogP contribution in [0.3, 0.4) is 0 Å². The van der Waals surface area contributed by atoms with E-state index in [1.165, 1.54) is 12.8 Å². The summed E-state index contributed by atoms with van der Waals surface area (Å²) in [6, 6.07) is 17.1. The molecule has 3 aromatic rings. The minimum atomic E-state index is -0.0908. The van der Waals surface area contributed by atoms with E-state index < -0.39 is 0 Å². The fraction of sp³-hybridized carbons (Fsp3) is 0.292. The first kappa shape index (κ1) is 20.7. The van der Waals surface area contributed by atoms with Crippen LogP contribution < -0.4 is 20.3 Å². The molecule has 0 saturated carbocycles. The van der Waals surface area contributed by atoms with Crippen molar-refractivity contribution >= 4 is 29.0 Å². The van der Waals surface area contributed by atoms with Crippen molar-refractivity contribution in [2.24, 2.45) is 0 Å². The summed E-state index contributed by atoms with van der Waals surface area (Å²) in [5, 5.41) is 6.27. The Balaban J connectivity index is 1.39. The van der Waals surface area contributed by atoms with E-state index >= 15 is 0 Å². The maximum Gasteiger partial charge on any atom is 0.228 e. The maximum atomic E-state index is 12.4. The minimum Gasteiger partial charge on any atom is -0.496 e. The smallest absolute Gasteiger partial charge is 0.228 e. The van der Waals surface area contributed by atoms with Gasteiger partial charge in [-0.2, -0.15) is 4.98 Å². The molecular weight excluding hydrogens is 390 g/mol. The van der Waals surface area contributed by atoms with Crippen molar-refractivity contribution in [3.8, 4) is 5.75 Å². The lowest BCUT2D eigenvalue weighted by atomic mass is 10.1. The van der Waals surface area contributed by atoms with E-state index in [1.54, 1.807) is 7.11 Å². The topological polar surface area (TPSA) is 79.4 Å². The van der Waals surface area contributed by atoms with E-state index in [1.807, 2.05) is 61.5 Å². The van der Waals surface area contributed by atoms with E-state index in [-0.39, 0.29) is 12.3 Å². The Bertz CT molecular complexity index is 1050. The Labute approximate surface area is 182 Å². The van der Waals surface area contributed by atoms with Crippen molar-refractivity contribution in [3.63, 3.8) is 0 Å². The molecule has 1 aliphatic heterocycles. The number of hydrogen-bond acceptors (Lipinski definition) is 6. The molecule has 2 heterocycles. The second-order valence-electron chi connectivity index (χ2n) is 7.63. The van der Waals surface area contributed by atoms with Crippen LogP contribution in [0.2, 0.25) is 0 Å². The highest BCUT2D eigenvalue weighted by molar-refractivity contribution is 5.92. The Morgan fingerprint density at radius 2 is 1.74 bits per heavy atom. The predicted octanol–water partition coefficient (Wildman–Crippen LogP) is 4.32. The number of nitrogens with zero attached hydrogens (tertiary/aromatic N) is 3. The zero-order valence-corrected chi connectivity index (χ0v) is 17.9. The predicted molar refractivity (Wildman–Crippen MR) is 123 cm³/mol. The van der Waals surface area contributed by atoms with Gasteiger partial charge in [0.2, 0.25) is 11.9 Å². The molecule has 160 valence electrons. The molecule has 2 aromatic carbocycles. The number of methoxy groups -OCH3 is 1. The van der Waals surface area contributed by atoms with Crippen LogP contribution in [0.5, 0.6) is 5.75 Å². The second-order valence-corrected chi connectivity index (χ2v) is 7.63. The highest BCUT2D eigenvalue weighted by Gasteiger charge is 2.16. The normalized spacial score (nSPS) is 13.2. The van der Waals surface area contributed by atoms with Gasteiger partial charge >= 0.3 is 0 Å². The number of amides is 1. The van der Waals surface area contributed by atoms with Gasteiger partial charge in [0.05, 0.1) is 13.5 Å². The average molecular weight is 418 g/mol. The van der Waals surface area contributed by atoms with Crippen molar-refractivity contribution < 1.29 is 9.53 Å². The highest BCUT2D eigenvalue weighted by Crippen LogP contribution is 2.23. The summed E-state index contributed by atoms with van der Waals surface area (Å²) in [6.07, 6.45) is 2.62. The number of anilines is 4. The molecule has 2 N–H and O–H groups in total.